The van der Waals surface area contributed by atoms with Gasteiger partial charge < -0.3 is 0 Å². The number of aromatic nitrogens is 5. The molecule has 2 heterocycles. The lowest BCUT2D eigenvalue weighted by Gasteiger charge is -2.03. The number of nitrogens with zero attached hydrogens (tertiary/aromatic N) is 5. The molecular formula is C13H12FN5O2S. The smallest absolute Gasteiger partial charge is 0.202 e. The van der Waals surface area contributed by atoms with Crippen molar-refractivity contribution in [3.05, 3.63) is 54.2 Å². The van der Waals surface area contributed by atoms with Gasteiger partial charge in [-0.1, -0.05) is 17.3 Å². The van der Waals surface area contributed by atoms with E-state index in [9.17, 15) is 12.8 Å². The molecule has 0 N–H and O–H groups in total. The third-order valence-electron chi connectivity index (χ3n) is 3.07. The van der Waals surface area contributed by atoms with Gasteiger partial charge in [0.2, 0.25) is 9.84 Å². The molecule has 0 radical (unpaired) electrons. The van der Waals surface area contributed by atoms with Crippen molar-refractivity contribution in [3.8, 4) is 5.69 Å². The summed E-state index contributed by atoms with van der Waals surface area (Å²) in [5.41, 5.74) is 0.567. The molecule has 0 fully saturated rings. The lowest BCUT2D eigenvalue weighted by Crippen LogP contribution is -2.11. The maximum Gasteiger partial charge on any atom is 0.202 e. The SMILES string of the molecule is Cn1nncc1S(=O)(=O)Cc1ccn(-c2ccccc2F)n1. The summed E-state index contributed by atoms with van der Waals surface area (Å²) in [5, 5.41) is 11.3. The van der Waals surface area contributed by atoms with Crippen LogP contribution in [0.2, 0.25) is 0 Å². The third kappa shape index (κ3) is 2.62. The summed E-state index contributed by atoms with van der Waals surface area (Å²) in [6, 6.07) is 7.66. The first-order valence-electron chi connectivity index (χ1n) is 6.34. The molecule has 1 aromatic carbocycles. The van der Waals surface area contributed by atoms with Crippen molar-refractivity contribution in [3.63, 3.8) is 0 Å². The highest BCUT2D eigenvalue weighted by atomic mass is 32.2. The van der Waals surface area contributed by atoms with Gasteiger partial charge in [-0.15, -0.1) is 5.10 Å². The van der Waals surface area contributed by atoms with E-state index in [2.05, 4.69) is 15.4 Å². The van der Waals surface area contributed by atoms with E-state index in [1.54, 1.807) is 18.2 Å². The van der Waals surface area contributed by atoms with Crippen LogP contribution < -0.4 is 0 Å². The third-order valence-corrected chi connectivity index (χ3v) is 4.76. The van der Waals surface area contributed by atoms with Gasteiger partial charge in [0, 0.05) is 13.2 Å². The standard InChI is InChI=1S/C13H12FN5O2S/c1-18-13(8-15-17-18)22(20,21)9-10-6-7-19(16-10)12-5-3-2-4-11(12)14/h2-8H,9H2,1H3. The Hall–Kier alpha value is -2.55. The molecule has 7 nitrogen and oxygen atoms in total. The summed E-state index contributed by atoms with van der Waals surface area (Å²) < 4.78 is 40.7. The molecule has 0 atom stereocenters. The number of hydrogen-bond donors (Lipinski definition) is 0. The quantitative estimate of drug-likeness (QED) is 0.719. The van der Waals surface area contributed by atoms with Crippen LogP contribution >= 0.6 is 0 Å². The lowest BCUT2D eigenvalue weighted by molar-refractivity contribution is 0.572. The van der Waals surface area contributed by atoms with Crippen molar-refractivity contribution in [1.29, 1.82) is 0 Å². The van der Waals surface area contributed by atoms with E-state index in [1.807, 2.05) is 0 Å². The highest BCUT2D eigenvalue weighted by Gasteiger charge is 2.21. The summed E-state index contributed by atoms with van der Waals surface area (Å²) in [7, 11) is -2.11. The van der Waals surface area contributed by atoms with E-state index >= 15 is 0 Å². The van der Waals surface area contributed by atoms with Gasteiger partial charge in [-0.05, 0) is 18.2 Å². The van der Waals surface area contributed by atoms with E-state index < -0.39 is 15.7 Å². The first-order valence-corrected chi connectivity index (χ1v) is 7.99. The lowest BCUT2D eigenvalue weighted by atomic mass is 10.3. The fourth-order valence-corrected chi connectivity index (χ4v) is 3.38. The van der Waals surface area contributed by atoms with E-state index in [0.717, 1.165) is 0 Å². The number of hydrogen-bond acceptors (Lipinski definition) is 5. The Balaban J connectivity index is 1.90. The highest BCUT2D eigenvalue weighted by molar-refractivity contribution is 7.90. The molecule has 22 heavy (non-hydrogen) atoms. The van der Waals surface area contributed by atoms with Gasteiger partial charge in [-0.25, -0.2) is 22.2 Å². The van der Waals surface area contributed by atoms with Crippen molar-refractivity contribution in [1.82, 2.24) is 24.8 Å². The Morgan fingerprint density at radius 1 is 1.23 bits per heavy atom. The minimum absolute atomic E-state index is 0.00735. The van der Waals surface area contributed by atoms with E-state index in [-0.39, 0.29) is 16.5 Å². The van der Waals surface area contributed by atoms with Gasteiger partial charge in [0.05, 0.1) is 11.9 Å². The fraction of sp³-hybridized carbons (Fsp3) is 0.154. The molecule has 2 aromatic heterocycles. The zero-order valence-electron chi connectivity index (χ0n) is 11.6. The van der Waals surface area contributed by atoms with Crippen LogP contribution in [0.15, 0.2) is 47.8 Å². The number of sulfone groups is 1. The number of para-hydroxylation sites is 1. The van der Waals surface area contributed by atoms with Crippen molar-refractivity contribution in [2.75, 3.05) is 0 Å². The molecule has 0 aliphatic heterocycles. The van der Waals surface area contributed by atoms with Crippen molar-refractivity contribution >= 4 is 9.84 Å². The first kappa shape index (κ1) is 14.4. The Morgan fingerprint density at radius 3 is 2.68 bits per heavy atom. The summed E-state index contributed by atoms with van der Waals surface area (Å²) >= 11 is 0. The molecule has 0 spiro atoms. The molecule has 0 amide bonds. The molecule has 0 saturated heterocycles. The van der Waals surface area contributed by atoms with Crippen LogP contribution in [0.4, 0.5) is 4.39 Å². The van der Waals surface area contributed by atoms with E-state index in [4.69, 9.17) is 0 Å². The van der Waals surface area contributed by atoms with Gasteiger partial charge in [0.1, 0.15) is 17.3 Å². The minimum Gasteiger partial charge on any atom is -0.238 e. The van der Waals surface area contributed by atoms with Gasteiger partial charge in [-0.2, -0.15) is 5.10 Å². The molecule has 0 bridgehead atoms. The minimum atomic E-state index is -3.61. The fourth-order valence-electron chi connectivity index (χ4n) is 2.04. The van der Waals surface area contributed by atoms with Gasteiger partial charge >= 0.3 is 0 Å². The zero-order valence-corrected chi connectivity index (χ0v) is 12.4. The van der Waals surface area contributed by atoms with Gasteiger partial charge in [-0.3, -0.25) is 0 Å². The summed E-state index contributed by atoms with van der Waals surface area (Å²) in [5.74, 6) is -0.744. The van der Waals surface area contributed by atoms with Crippen LogP contribution in [0.25, 0.3) is 5.69 Å². The number of halogens is 1. The molecule has 0 unspecified atom stereocenters. The van der Waals surface area contributed by atoms with E-state index in [0.29, 0.717) is 5.69 Å². The number of aryl methyl sites for hydroxylation is 1. The molecule has 0 aliphatic rings. The van der Waals surface area contributed by atoms with E-state index in [1.165, 1.54) is 40.9 Å². The zero-order chi connectivity index (χ0) is 15.7. The molecular weight excluding hydrogens is 309 g/mol. The van der Waals surface area contributed by atoms with Gasteiger partial charge in [0.15, 0.2) is 5.03 Å². The monoisotopic (exact) mass is 321 g/mol. The van der Waals surface area contributed by atoms with Crippen molar-refractivity contribution in [2.24, 2.45) is 7.05 Å². The summed E-state index contributed by atoms with van der Waals surface area (Å²) in [6.07, 6.45) is 2.70. The average molecular weight is 321 g/mol. The second kappa shape index (κ2) is 5.34. The second-order valence-corrected chi connectivity index (χ2v) is 6.59. The molecule has 114 valence electrons. The van der Waals surface area contributed by atoms with Gasteiger partial charge in [0.25, 0.3) is 0 Å². The number of rotatable bonds is 4. The van der Waals surface area contributed by atoms with Crippen LogP contribution in [0.3, 0.4) is 0 Å². The largest absolute Gasteiger partial charge is 0.238 e. The summed E-state index contributed by atoms with van der Waals surface area (Å²) in [4.78, 5) is 0. The van der Waals surface area contributed by atoms with Crippen molar-refractivity contribution < 1.29 is 12.8 Å². The Bertz CT molecular complexity index is 916. The van der Waals surface area contributed by atoms with Crippen LogP contribution in [0.5, 0.6) is 0 Å². The Morgan fingerprint density at radius 2 is 2.00 bits per heavy atom. The second-order valence-electron chi connectivity index (χ2n) is 4.66. The highest BCUT2D eigenvalue weighted by Crippen LogP contribution is 2.16. The molecule has 9 heteroatoms. The van der Waals surface area contributed by atoms with Crippen molar-refractivity contribution in [2.45, 2.75) is 10.8 Å². The normalized spacial score (nSPS) is 11.7. The summed E-state index contributed by atoms with van der Waals surface area (Å²) in [6.45, 7) is 0. The van der Waals surface area contributed by atoms with Crippen LogP contribution in [-0.4, -0.2) is 33.2 Å². The Labute approximate surface area is 125 Å². The number of benzene rings is 1. The van der Waals surface area contributed by atoms with Crippen LogP contribution in [-0.2, 0) is 22.6 Å². The maximum atomic E-state index is 13.7. The predicted molar refractivity (Wildman–Crippen MR) is 75.4 cm³/mol. The molecule has 3 rings (SSSR count). The van der Waals surface area contributed by atoms with Crippen LogP contribution in [0, 0.1) is 5.82 Å². The first-order chi connectivity index (χ1) is 10.5. The molecule has 3 aromatic rings. The predicted octanol–water partition coefficient (Wildman–Crippen LogP) is 1.11. The average Bonchev–Trinajstić information content (AvgIpc) is 3.08. The molecule has 0 saturated carbocycles. The topological polar surface area (TPSA) is 82.7 Å². The maximum absolute atomic E-state index is 13.7. The molecule has 0 aliphatic carbocycles. The van der Waals surface area contributed by atoms with Crippen LogP contribution in [0.1, 0.15) is 5.69 Å². The Kier molecular flexibility index (Phi) is 3.49.